The summed E-state index contributed by atoms with van der Waals surface area (Å²) in [5, 5.41) is 3.54. The van der Waals surface area contributed by atoms with E-state index in [9.17, 15) is 0 Å². The Morgan fingerprint density at radius 3 is 2.15 bits per heavy atom. The summed E-state index contributed by atoms with van der Waals surface area (Å²) < 4.78 is 0. The Bertz CT molecular complexity index is 383. The van der Waals surface area contributed by atoms with Gasteiger partial charge in [0.1, 0.15) is 0 Å². The van der Waals surface area contributed by atoms with E-state index in [1.54, 1.807) is 0 Å². The average molecular weight is 274 g/mol. The molecule has 2 rings (SSSR count). The van der Waals surface area contributed by atoms with E-state index < -0.39 is 0 Å². The number of likely N-dealkylation sites (tertiary alicyclic amines) is 1. The van der Waals surface area contributed by atoms with Crippen LogP contribution in [-0.2, 0) is 13.0 Å². The SMILES string of the molecule is CC(C)(C)NCCc1ccc(CN2CCCCC2)cc1. The van der Waals surface area contributed by atoms with Crippen molar-refractivity contribution in [2.45, 2.75) is 58.5 Å². The minimum atomic E-state index is 0.216. The van der Waals surface area contributed by atoms with Crippen molar-refractivity contribution in [1.29, 1.82) is 0 Å². The van der Waals surface area contributed by atoms with Crippen LogP contribution in [0.15, 0.2) is 24.3 Å². The molecule has 1 aromatic rings. The Morgan fingerprint density at radius 2 is 1.55 bits per heavy atom. The summed E-state index contributed by atoms with van der Waals surface area (Å²) in [5.41, 5.74) is 3.11. The average Bonchev–Trinajstić information content (AvgIpc) is 2.41. The Kier molecular flexibility index (Phi) is 5.62. The van der Waals surface area contributed by atoms with Crippen LogP contribution in [0.2, 0.25) is 0 Å². The van der Waals surface area contributed by atoms with Gasteiger partial charge in [-0.3, -0.25) is 4.90 Å². The van der Waals surface area contributed by atoms with Crippen LogP contribution in [-0.4, -0.2) is 30.1 Å². The lowest BCUT2D eigenvalue weighted by Crippen LogP contribution is -2.37. The van der Waals surface area contributed by atoms with Gasteiger partial charge in [-0.05, 0) is 70.8 Å². The van der Waals surface area contributed by atoms with Crippen LogP contribution in [0.3, 0.4) is 0 Å². The molecule has 0 spiro atoms. The standard InChI is InChI=1S/C18H30N2/c1-18(2,3)19-12-11-16-7-9-17(10-8-16)15-20-13-5-4-6-14-20/h7-10,19H,4-6,11-15H2,1-3H3. The molecule has 0 amide bonds. The lowest BCUT2D eigenvalue weighted by atomic mass is 10.1. The van der Waals surface area contributed by atoms with Crippen LogP contribution < -0.4 is 5.32 Å². The normalized spacial score (nSPS) is 17.4. The zero-order valence-corrected chi connectivity index (χ0v) is 13.4. The third-order valence-electron chi connectivity index (χ3n) is 3.95. The van der Waals surface area contributed by atoms with E-state index in [4.69, 9.17) is 0 Å². The van der Waals surface area contributed by atoms with Crippen molar-refractivity contribution in [1.82, 2.24) is 10.2 Å². The van der Waals surface area contributed by atoms with Crippen molar-refractivity contribution in [3.05, 3.63) is 35.4 Å². The molecule has 1 aliphatic heterocycles. The maximum Gasteiger partial charge on any atom is 0.0233 e. The van der Waals surface area contributed by atoms with Gasteiger partial charge in [0, 0.05) is 12.1 Å². The van der Waals surface area contributed by atoms with Crippen molar-refractivity contribution in [2.75, 3.05) is 19.6 Å². The van der Waals surface area contributed by atoms with Gasteiger partial charge in [0.2, 0.25) is 0 Å². The maximum absolute atomic E-state index is 3.54. The molecular formula is C18H30N2. The molecule has 0 aliphatic carbocycles. The Labute approximate surface area is 124 Å². The van der Waals surface area contributed by atoms with Crippen molar-refractivity contribution in [3.63, 3.8) is 0 Å². The van der Waals surface area contributed by atoms with E-state index >= 15 is 0 Å². The van der Waals surface area contributed by atoms with Gasteiger partial charge in [-0.15, -0.1) is 0 Å². The molecule has 0 bridgehead atoms. The minimum Gasteiger partial charge on any atom is -0.312 e. The van der Waals surface area contributed by atoms with Crippen LogP contribution in [0.5, 0.6) is 0 Å². The molecule has 0 atom stereocenters. The molecule has 1 fully saturated rings. The fourth-order valence-corrected chi connectivity index (χ4v) is 2.77. The molecule has 0 aromatic heterocycles. The van der Waals surface area contributed by atoms with Crippen LogP contribution in [0.4, 0.5) is 0 Å². The first kappa shape index (κ1) is 15.5. The first-order chi connectivity index (χ1) is 9.53. The molecule has 2 nitrogen and oxygen atoms in total. The van der Waals surface area contributed by atoms with E-state index in [1.807, 2.05) is 0 Å². The summed E-state index contributed by atoms with van der Waals surface area (Å²) in [5.74, 6) is 0. The first-order valence-corrected chi connectivity index (χ1v) is 8.08. The molecule has 1 aromatic carbocycles. The van der Waals surface area contributed by atoms with E-state index in [-0.39, 0.29) is 5.54 Å². The number of piperidine rings is 1. The highest BCUT2D eigenvalue weighted by Gasteiger charge is 2.10. The quantitative estimate of drug-likeness (QED) is 0.882. The number of benzene rings is 1. The summed E-state index contributed by atoms with van der Waals surface area (Å²) >= 11 is 0. The van der Waals surface area contributed by atoms with Gasteiger partial charge in [-0.2, -0.15) is 0 Å². The van der Waals surface area contributed by atoms with Crippen LogP contribution in [0.1, 0.15) is 51.2 Å². The molecule has 2 heteroatoms. The molecule has 1 saturated heterocycles. The topological polar surface area (TPSA) is 15.3 Å². The summed E-state index contributed by atoms with van der Waals surface area (Å²) in [7, 11) is 0. The van der Waals surface area contributed by atoms with Gasteiger partial charge in [0.25, 0.3) is 0 Å². The zero-order chi connectivity index (χ0) is 14.4. The van der Waals surface area contributed by atoms with E-state index in [1.165, 1.54) is 43.5 Å². The van der Waals surface area contributed by atoms with Gasteiger partial charge in [0.05, 0.1) is 0 Å². The van der Waals surface area contributed by atoms with Crippen molar-refractivity contribution in [2.24, 2.45) is 0 Å². The van der Waals surface area contributed by atoms with E-state index in [2.05, 4.69) is 55.3 Å². The van der Waals surface area contributed by atoms with Gasteiger partial charge in [0.15, 0.2) is 0 Å². The number of hydrogen-bond acceptors (Lipinski definition) is 2. The second kappa shape index (κ2) is 7.24. The van der Waals surface area contributed by atoms with Crippen molar-refractivity contribution >= 4 is 0 Å². The maximum atomic E-state index is 3.54. The fraction of sp³-hybridized carbons (Fsp3) is 0.667. The van der Waals surface area contributed by atoms with Crippen molar-refractivity contribution in [3.8, 4) is 0 Å². The van der Waals surface area contributed by atoms with Crippen LogP contribution in [0, 0.1) is 0 Å². The number of nitrogens with one attached hydrogen (secondary N) is 1. The number of rotatable bonds is 5. The smallest absolute Gasteiger partial charge is 0.0233 e. The van der Waals surface area contributed by atoms with Gasteiger partial charge >= 0.3 is 0 Å². The molecule has 1 N–H and O–H groups in total. The monoisotopic (exact) mass is 274 g/mol. The molecule has 0 saturated carbocycles. The third kappa shape index (κ3) is 5.64. The van der Waals surface area contributed by atoms with Crippen LogP contribution in [0.25, 0.3) is 0 Å². The number of nitrogens with zero attached hydrogens (tertiary/aromatic N) is 1. The minimum absolute atomic E-state index is 0.216. The van der Waals surface area contributed by atoms with E-state index in [0.717, 1.165) is 19.5 Å². The molecule has 112 valence electrons. The Morgan fingerprint density at radius 1 is 0.950 bits per heavy atom. The third-order valence-corrected chi connectivity index (χ3v) is 3.95. The lowest BCUT2D eigenvalue weighted by molar-refractivity contribution is 0.221. The molecule has 0 radical (unpaired) electrons. The van der Waals surface area contributed by atoms with Gasteiger partial charge in [-0.25, -0.2) is 0 Å². The summed E-state index contributed by atoms with van der Waals surface area (Å²) in [6.45, 7) is 11.4. The van der Waals surface area contributed by atoms with Crippen LogP contribution >= 0.6 is 0 Å². The first-order valence-electron chi connectivity index (χ1n) is 8.08. The lowest BCUT2D eigenvalue weighted by Gasteiger charge is -2.26. The fourth-order valence-electron chi connectivity index (χ4n) is 2.77. The highest BCUT2D eigenvalue weighted by Crippen LogP contribution is 2.13. The Hall–Kier alpha value is -0.860. The summed E-state index contributed by atoms with van der Waals surface area (Å²) in [4.78, 5) is 2.58. The molecule has 0 unspecified atom stereocenters. The largest absolute Gasteiger partial charge is 0.312 e. The summed E-state index contributed by atoms with van der Waals surface area (Å²) in [6, 6.07) is 9.20. The zero-order valence-electron chi connectivity index (χ0n) is 13.4. The number of hydrogen-bond donors (Lipinski definition) is 1. The summed E-state index contributed by atoms with van der Waals surface area (Å²) in [6.07, 6.45) is 5.27. The second-order valence-corrected chi connectivity index (χ2v) is 7.08. The Balaban J connectivity index is 1.77. The highest BCUT2D eigenvalue weighted by atomic mass is 15.1. The molecule has 20 heavy (non-hydrogen) atoms. The van der Waals surface area contributed by atoms with Crippen molar-refractivity contribution < 1.29 is 0 Å². The molecule has 1 aliphatic rings. The molecular weight excluding hydrogens is 244 g/mol. The molecule has 1 heterocycles. The predicted octanol–water partition coefficient (Wildman–Crippen LogP) is 3.60. The van der Waals surface area contributed by atoms with E-state index in [0.29, 0.717) is 0 Å². The van der Waals surface area contributed by atoms with Gasteiger partial charge in [-0.1, -0.05) is 30.7 Å². The van der Waals surface area contributed by atoms with Gasteiger partial charge < -0.3 is 5.32 Å². The highest BCUT2D eigenvalue weighted by molar-refractivity contribution is 5.22. The predicted molar refractivity (Wildman–Crippen MR) is 87.0 cm³/mol. The second-order valence-electron chi connectivity index (χ2n) is 7.08.